The van der Waals surface area contributed by atoms with Gasteiger partial charge in [-0.2, -0.15) is 0 Å². The second kappa shape index (κ2) is 5.67. The van der Waals surface area contributed by atoms with Crippen molar-refractivity contribution in [3.8, 4) is 0 Å². The van der Waals surface area contributed by atoms with Gasteiger partial charge in [0.1, 0.15) is 5.56 Å². The molecule has 0 radical (unpaired) electrons. The Labute approximate surface area is 105 Å². The highest BCUT2D eigenvalue weighted by molar-refractivity contribution is 6.31. The van der Waals surface area contributed by atoms with Crippen LogP contribution in [0.15, 0.2) is 6.20 Å². The van der Waals surface area contributed by atoms with Gasteiger partial charge in [-0.1, -0.05) is 11.6 Å². The first-order valence-electron chi connectivity index (χ1n) is 4.55. The van der Waals surface area contributed by atoms with E-state index in [9.17, 15) is 23.7 Å². The van der Waals surface area contributed by atoms with E-state index < -0.39 is 40.1 Å². The summed E-state index contributed by atoms with van der Waals surface area (Å²) in [7, 11) is 1.07. The highest BCUT2D eigenvalue weighted by Crippen LogP contribution is 2.36. The predicted molar refractivity (Wildman–Crippen MR) is 56.6 cm³/mol. The minimum Gasteiger partial charge on any atom is -0.469 e. The van der Waals surface area contributed by atoms with E-state index in [0.717, 1.165) is 13.3 Å². The number of ether oxygens (including phenoxy) is 1. The molecule has 0 aliphatic carbocycles. The van der Waals surface area contributed by atoms with E-state index in [0.29, 0.717) is 0 Å². The third-order valence-corrected chi connectivity index (χ3v) is 2.37. The van der Waals surface area contributed by atoms with Crippen molar-refractivity contribution in [2.75, 3.05) is 7.11 Å². The predicted octanol–water partition coefficient (Wildman–Crippen LogP) is 2.30. The maximum atomic E-state index is 12.8. The van der Waals surface area contributed by atoms with Gasteiger partial charge < -0.3 is 4.74 Å². The van der Waals surface area contributed by atoms with Crippen molar-refractivity contribution in [1.82, 2.24) is 4.98 Å². The summed E-state index contributed by atoms with van der Waals surface area (Å²) in [4.78, 5) is 24.1. The molecule has 0 atom stereocenters. The van der Waals surface area contributed by atoms with Crippen LogP contribution < -0.4 is 0 Å². The number of esters is 1. The smallest absolute Gasteiger partial charge is 0.315 e. The molecule has 0 bridgehead atoms. The molecule has 0 amide bonds. The quantitative estimate of drug-likeness (QED) is 0.366. The number of aromatic nitrogens is 1. The lowest BCUT2D eigenvalue weighted by Gasteiger charge is -2.08. The van der Waals surface area contributed by atoms with Crippen LogP contribution in [-0.2, 0) is 16.0 Å². The van der Waals surface area contributed by atoms with E-state index in [2.05, 4.69) is 9.72 Å². The summed E-state index contributed by atoms with van der Waals surface area (Å²) in [6.45, 7) is 0. The minimum atomic E-state index is -3.15. The van der Waals surface area contributed by atoms with Crippen molar-refractivity contribution in [2.45, 2.75) is 12.8 Å². The van der Waals surface area contributed by atoms with Crippen LogP contribution in [0.25, 0.3) is 0 Å². The Hall–Kier alpha value is -1.83. The zero-order valence-electron chi connectivity index (χ0n) is 9.02. The van der Waals surface area contributed by atoms with E-state index in [1.54, 1.807) is 0 Å². The molecule has 0 unspecified atom stereocenters. The zero-order chi connectivity index (χ0) is 13.9. The van der Waals surface area contributed by atoms with Gasteiger partial charge in [-0.25, -0.2) is 13.8 Å². The Balaban J connectivity index is 3.39. The van der Waals surface area contributed by atoms with E-state index in [4.69, 9.17) is 11.6 Å². The number of alkyl halides is 2. The molecule has 0 saturated carbocycles. The lowest BCUT2D eigenvalue weighted by Crippen LogP contribution is -2.10. The molecule has 0 aliphatic heterocycles. The summed E-state index contributed by atoms with van der Waals surface area (Å²) in [5, 5.41) is 10.0. The van der Waals surface area contributed by atoms with Crippen LogP contribution in [0.4, 0.5) is 14.5 Å². The molecular formula is C9H7ClF2N2O4. The summed E-state index contributed by atoms with van der Waals surface area (Å²) in [5.41, 5.74) is -2.19. The van der Waals surface area contributed by atoms with Crippen molar-refractivity contribution < 1.29 is 23.2 Å². The maximum Gasteiger partial charge on any atom is 0.315 e. The summed E-state index contributed by atoms with van der Waals surface area (Å²) in [6, 6.07) is 0. The number of methoxy groups -OCH3 is 1. The molecule has 1 aromatic rings. The number of carbonyl (C=O) groups excluding carboxylic acids is 1. The van der Waals surface area contributed by atoms with Crippen LogP contribution in [0.1, 0.15) is 17.6 Å². The normalized spacial score (nSPS) is 10.5. The van der Waals surface area contributed by atoms with Crippen LogP contribution >= 0.6 is 11.6 Å². The molecular weight excluding hydrogens is 274 g/mol. The van der Waals surface area contributed by atoms with E-state index >= 15 is 0 Å². The molecule has 0 saturated heterocycles. The minimum absolute atomic E-state index is 0.284. The Morgan fingerprint density at radius 2 is 2.28 bits per heavy atom. The van der Waals surface area contributed by atoms with Gasteiger partial charge in [0, 0.05) is 6.20 Å². The summed E-state index contributed by atoms with van der Waals surface area (Å²) in [5.74, 6) is -0.810. The third kappa shape index (κ3) is 2.89. The Kier molecular flexibility index (Phi) is 4.49. The lowest BCUT2D eigenvalue weighted by molar-refractivity contribution is -0.386. The fraction of sp³-hybridized carbons (Fsp3) is 0.333. The van der Waals surface area contributed by atoms with E-state index in [1.165, 1.54) is 0 Å². The fourth-order valence-corrected chi connectivity index (χ4v) is 1.53. The monoisotopic (exact) mass is 280 g/mol. The van der Waals surface area contributed by atoms with Gasteiger partial charge in [0.05, 0.1) is 18.5 Å². The molecule has 98 valence electrons. The van der Waals surface area contributed by atoms with Gasteiger partial charge in [-0.05, 0) is 5.56 Å². The number of rotatable bonds is 4. The molecule has 1 aromatic heterocycles. The number of pyridine rings is 1. The van der Waals surface area contributed by atoms with Crippen molar-refractivity contribution >= 4 is 23.3 Å². The number of carbonyl (C=O) groups is 1. The van der Waals surface area contributed by atoms with Gasteiger partial charge in [0.25, 0.3) is 6.43 Å². The average molecular weight is 281 g/mol. The van der Waals surface area contributed by atoms with E-state index in [-0.39, 0.29) is 5.56 Å². The van der Waals surface area contributed by atoms with Gasteiger partial charge in [0.15, 0.2) is 0 Å². The third-order valence-electron chi connectivity index (χ3n) is 2.09. The second-order valence-corrected chi connectivity index (χ2v) is 3.51. The number of hydrogen-bond donors (Lipinski definition) is 0. The van der Waals surface area contributed by atoms with Gasteiger partial charge in [-0.3, -0.25) is 14.9 Å². The first-order valence-corrected chi connectivity index (χ1v) is 4.92. The van der Waals surface area contributed by atoms with E-state index in [1.807, 2.05) is 0 Å². The summed E-state index contributed by atoms with van der Waals surface area (Å²) in [6.07, 6.45) is -2.79. The highest BCUT2D eigenvalue weighted by atomic mass is 35.5. The van der Waals surface area contributed by atoms with Crippen LogP contribution in [0.3, 0.4) is 0 Å². The van der Waals surface area contributed by atoms with Crippen molar-refractivity contribution in [3.05, 3.63) is 32.6 Å². The zero-order valence-corrected chi connectivity index (χ0v) is 9.78. The van der Waals surface area contributed by atoms with Gasteiger partial charge >= 0.3 is 11.7 Å². The molecule has 0 aliphatic rings. The number of hydrogen-bond acceptors (Lipinski definition) is 5. The molecule has 0 N–H and O–H groups in total. The number of nitrogens with zero attached hydrogens (tertiary/aromatic N) is 2. The summed E-state index contributed by atoms with van der Waals surface area (Å²) >= 11 is 5.41. The lowest BCUT2D eigenvalue weighted by atomic mass is 10.1. The van der Waals surface area contributed by atoms with Crippen LogP contribution in [-0.4, -0.2) is 23.0 Å². The Bertz CT molecular complexity index is 496. The molecule has 0 aromatic carbocycles. The first kappa shape index (κ1) is 14.2. The Morgan fingerprint density at radius 3 is 2.72 bits per heavy atom. The second-order valence-electron chi connectivity index (χ2n) is 3.15. The summed E-state index contributed by atoms with van der Waals surface area (Å²) < 4.78 is 30.0. The molecule has 0 spiro atoms. The van der Waals surface area contributed by atoms with Crippen molar-refractivity contribution in [3.63, 3.8) is 0 Å². The molecule has 18 heavy (non-hydrogen) atoms. The fourth-order valence-electron chi connectivity index (χ4n) is 1.31. The average Bonchev–Trinajstić information content (AvgIpc) is 2.29. The van der Waals surface area contributed by atoms with Crippen LogP contribution in [0.2, 0.25) is 5.15 Å². The first-order chi connectivity index (χ1) is 8.38. The number of halogens is 3. The molecule has 1 rings (SSSR count). The molecule has 0 fully saturated rings. The molecule has 1 heterocycles. The Morgan fingerprint density at radius 1 is 1.67 bits per heavy atom. The maximum absolute atomic E-state index is 12.8. The van der Waals surface area contributed by atoms with Crippen LogP contribution in [0, 0.1) is 10.1 Å². The molecule has 6 nitrogen and oxygen atoms in total. The van der Waals surface area contributed by atoms with Gasteiger partial charge in [-0.15, -0.1) is 0 Å². The van der Waals surface area contributed by atoms with Crippen LogP contribution in [0.5, 0.6) is 0 Å². The van der Waals surface area contributed by atoms with Crippen molar-refractivity contribution in [2.24, 2.45) is 0 Å². The highest BCUT2D eigenvalue weighted by Gasteiger charge is 2.30. The SMILES string of the molecule is COC(=O)Cc1cnc(Cl)c([N+](=O)[O-])c1C(F)F. The van der Waals surface area contributed by atoms with Gasteiger partial charge in [0.2, 0.25) is 5.15 Å². The number of nitro groups is 1. The largest absolute Gasteiger partial charge is 0.469 e. The van der Waals surface area contributed by atoms with Crippen molar-refractivity contribution in [1.29, 1.82) is 0 Å². The molecule has 9 heteroatoms. The standard InChI is InChI=1S/C9H7ClF2N2O4/c1-18-5(15)2-4-3-13-8(10)7(14(16)17)6(4)9(11)12/h3,9H,2H2,1H3. The topological polar surface area (TPSA) is 82.3 Å².